The lowest BCUT2D eigenvalue weighted by Crippen LogP contribution is -2.41. The second-order valence-electron chi connectivity index (χ2n) is 16.0. The number of nitrogens with two attached hydrogens (primary N) is 1. The molecule has 8 aromatic carbocycles. The van der Waals surface area contributed by atoms with Gasteiger partial charge in [-0.25, -0.2) is 14.5 Å². The zero-order valence-electron chi connectivity index (χ0n) is 37.7. The van der Waals surface area contributed by atoms with Crippen molar-refractivity contribution in [1.82, 2.24) is 5.32 Å². The standard InChI is InChI=1S/C53H34F6N8O7/c54-52(55,56)35-3-1-5-39(27-35)61-51(74)62-48(71)33-12-20-41-31(25-33)14-23-44(69)46(41)65-63-37-16-7-29(8-17-37)9-22-43(68)30-10-18-38(19-11-30)64-66-47-42-21-13-34(26-32(42)15-24-45(47)70)49(72)67(50(60)73)40-6-2-4-36(28-40)53(57,58)59/h1-28,69-70H,(H2,60,73)(H2,61,62,71,74). The van der Waals surface area contributed by atoms with Gasteiger partial charge in [-0.2, -0.15) is 36.6 Å². The maximum atomic E-state index is 13.4. The number of phenolic OH excluding ortho intramolecular Hbond substituents is 2. The molecule has 15 nitrogen and oxygen atoms in total. The molecule has 0 saturated carbocycles. The molecule has 0 aliphatic heterocycles. The summed E-state index contributed by atoms with van der Waals surface area (Å²) < 4.78 is 79.3. The van der Waals surface area contributed by atoms with E-state index < -0.39 is 47.4 Å². The molecule has 0 spiro atoms. The molecule has 8 aromatic rings. The van der Waals surface area contributed by atoms with Gasteiger partial charge in [0.05, 0.1) is 28.2 Å². The fourth-order valence-corrected chi connectivity index (χ4v) is 7.32. The van der Waals surface area contributed by atoms with Gasteiger partial charge in [-0.3, -0.25) is 19.7 Å². The summed E-state index contributed by atoms with van der Waals surface area (Å²) in [6.45, 7) is 0. The summed E-state index contributed by atoms with van der Waals surface area (Å²) in [5.41, 5.74) is 4.47. The summed E-state index contributed by atoms with van der Waals surface area (Å²) in [4.78, 5) is 64.5. The highest BCUT2D eigenvalue weighted by Crippen LogP contribution is 2.39. The van der Waals surface area contributed by atoms with Gasteiger partial charge in [-0.05, 0) is 132 Å². The highest BCUT2D eigenvalue weighted by atomic mass is 19.4. The predicted molar refractivity (Wildman–Crippen MR) is 262 cm³/mol. The number of allylic oxidation sites excluding steroid dienone is 1. The van der Waals surface area contributed by atoms with Crippen molar-refractivity contribution in [2.75, 3.05) is 10.2 Å². The van der Waals surface area contributed by atoms with E-state index in [9.17, 15) is 60.5 Å². The van der Waals surface area contributed by atoms with Gasteiger partial charge in [0.2, 0.25) is 0 Å². The number of imide groups is 2. The maximum Gasteiger partial charge on any atom is 0.416 e. The van der Waals surface area contributed by atoms with E-state index in [1.165, 1.54) is 97.1 Å². The lowest BCUT2D eigenvalue weighted by atomic mass is 10.0. The van der Waals surface area contributed by atoms with Crippen molar-refractivity contribution < 1.29 is 60.5 Å². The summed E-state index contributed by atoms with van der Waals surface area (Å²) in [5.74, 6) is -2.67. The Morgan fingerprint density at radius 1 is 0.554 bits per heavy atom. The fourth-order valence-electron chi connectivity index (χ4n) is 7.32. The van der Waals surface area contributed by atoms with E-state index in [0.717, 1.165) is 36.4 Å². The number of hydrogen-bond donors (Lipinski definition) is 5. The minimum absolute atomic E-state index is 0.0156. The Labute approximate surface area is 413 Å². The molecule has 0 radical (unpaired) electrons. The summed E-state index contributed by atoms with van der Waals surface area (Å²) in [7, 11) is 0. The summed E-state index contributed by atoms with van der Waals surface area (Å²) in [5, 5.41) is 43.9. The molecule has 0 aliphatic carbocycles. The normalized spacial score (nSPS) is 11.9. The Morgan fingerprint density at radius 2 is 1.07 bits per heavy atom. The molecule has 0 heterocycles. The molecule has 0 atom stereocenters. The van der Waals surface area contributed by atoms with Crippen molar-refractivity contribution >= 4 is 91.4 Å². The average molecular weight is 1010 g/mol. The number of hydrogen-bond acceptors (Lipinski definition) is 11. The van der Waals surface area contributed by atoms with Gasteiger partial charge in [0.15, 0.2) is 5.78 Å². The minimum Gasteiger partial charge on any atom is -0.506 e. The van der Waals surface area contributed by atoms with Gasteiger partial charge < -0.3 is 21.3 Å². The third kappa shape index (κ3) is 11.6. The van der Waals surface area contributed by atoms with Crippen LogP contribution in [0.4, 0.5) is 70.1 Å². The topological polar surface area (TPSA) is 229 Å². The number of azo groups is 2. The largest absolute Gasteiger partial charge is 0.506 e. The number of phenols is 2. The van der Waals surface area contributed by atoms with Crippen LogP contribution in [0.2, 0.25) is 0 Å². The number of aromatic hydroxyl groups is 2. The Hall–Kier alpha value is -10.1. The second kappa shape index (κ2) is 20.7. The molecule has 6 amide bonds. The van der Waals surface area contributed by atoms with E-state index in [1.54, 1.807) is 30.3 Å². The van der Waals surface area contributed by atoms with Crippen molar-refractivity contribution in [2.45, 2.75) is 12.4 Å². The summed E-state index contributed by atoms with van der Waals surface area (Å²) >= 11 is 0. The quantitative estimate of drug-likeness (QED) is 0.0364. The minimum atomic E-state index is -4.74. The number of nitrogens with one attached hydrogen (secondary N) is 2. The van der Waals surface area contributed by atoms with Crippen LogP contribution in [0.25, 0.3) is 27.6 Å². The number of primary amides is 1. The van der Waals surface area contributed by atoms with Crippen LogP contribution >= 0.6 is 0 Å². The zero-order valence-corrected chi connectivity index (χ0v) is 37.7. The molecule has 8 rings (SSSR count). The summed E-state index contributed by atoms with van der Waals surface area (Å²) in [6.07, 6.45) is -6.44. The number of fused-ring (bicyclic) bond motifs is 2. The van der Waals surface area contributed by atoms with Gasteiger partial charge in [0, 0.05) is 33.2 Å². The Kier molecular flexibility index (Phi) is 14.1. The first-order valence-corrected chi connectivity index (χ1v) is 21.6. The number of urea groups is 2. The van der Waals surface area contributed by atoms with Crippen molar-refractivity contribution in [3.63, 3.8) is 0 Å². The summed E-state index contributed by atoms with van der Waals surface area (Å²) in [6, 6.07) is 31.8. The van der Waals surface area contributed by atoms with Crippen LogP contribution < -0.4 is 21.3 Å². The highest BCUT2D eigenvalue weighted by molar-refractivity contribution is 6.21. The Bertz CT molecular complexity index is 3640. The van der Waals surface area contributed by atoms with Gasteiger partial charge in [0.25, 0.3) is 11.8 Å². The van der Waals surface area contributed by atoms with Crippen LogP contribution in [0.1, 0.15) is 47.8 Å². The maximum absolute atomic E-state index is 13.4. The van der Waals surface area contributed by atoms with Gasteiger partial charge in [-0.15, -0.1) is 10.2 Å². The van der Waals surface area contributed by atoms with E-state index in [-0.39, 0.29) is 51.2 Å². The number of carbonyl (C=O) groups excluding carboxylic acids is 5. The number of amides is 6. The molecular formula is C53H34F6N8O7. The molecular weight excluding hydrogens is 975 g/mol. The molecule has 0 aliphatic rings. The lowest BCUT2D eigenvalue weighted by Gasteiger charge is -2.20. The number of alkyl halides is 6. The molecule has 0 aromatic heterocycles. The van der Waals surface area contributed by atoms with Crippen LogP contribution in [-0.4, -0.2) is 39.9 Å². The van der Waals surface area contributed by atoms with E-state index in [4.69, 9.17) is 5.73 Å². The van der Waals surface area contributed by atoms with Crippen LogP contribution in [0, 0.1) is 0 Å². The number of benzene rings is 8. The third-order valence-corrected chi connectivity index (χ3v) is 11.0. The van der Waals surface area contributed by atoms with E-state index in [0.29, 0.717) is 55.0 Å². The number of halogens is 6. The molecule has 370 valence electrons. The van der Waals surface area contributed by atoms with Crippen molar-refractivity contribution in [2.24, 2.45) is 26.2 Å². The molecule has 21 heteroatoms. The first-order valence-electron chi connectivity index (χ1n) is 21.6. The van der Waals surface area contributed by atoms with Crippen molar-refractivity contribution in [3.8, 4) is 11.5 Å². The first-order chi connectivity index (χ1) is 35.2. The monoisotopic (exact) mass is 1010 g/mol. The molecule has 6 N–H and O–H groups in total. The van der Waals surface area contributed by atoms with Crippen LogP contribution in [-0.2, 0) is 12.4 Å². The third-order valence-electron chi connectivity index (χ3n) is 11.0. The SMILES string of the molecule is NC(=O)N(C(=O)c1ccc2c(N=Nc3ccc(C(=O)C=Cc4ccc(N=Nc5c(O)ccc6cc(C(=O)NC(=O)Nc7cccc(C(F)(F)F)c7)ccc56)cc4)cc3)c(O)ccc2c1)c1cccc(C(F)(F)F)c1. The van der Waals surface area contributed by atoms with Gasteiger partial charge in [0.1, 0.15) is 22.9 Å². The number of rotatable bonds is 11. The van der Waals surface area contributed by atoms with Crippen LogP contribution in [0.5, 0.6) is 11.5 Å². The van der Waals surface area contributed by atoms with Gasteiger partial charge in [-0.1, -0.05) is 54.6 Å². The molecule has 0 bridgehead atoms. The van der Waals surface area contributed by atoms with Gasteiger partial charge >= 0.3 is 24.4 Å². The zero-order chi connectivity index (χ0) is 52.9. The van der Waals surface area contributed by atoms with Crippen LogP contribution in [0.3, 0.4) is 0 Å². The number of anilines is 2. The molecule has 0 saturated heterocycles. The average Bonchev–Trinajstić information content (AvgIpc) is 3.37. The predicted octanol–water partition coefficient (Wildman–Crippen LogP) is 13.9. The molecule has 0 unspecified atom stereocenters. The second-order valence-corrected chi connectivity index (χ2v) is 16.0. The van der Waals surface area contributed by atoms with Crippen LogP contribution in [0.15, 0.2) is 184 Å². The number of carbonyl (C=O) groups is 5. The van der Waals surface area contributed by atoms with Crippen molar-refractivity contribution in [1.29, 1.82) is 0 Å². The lowest BCUT2D eigenvalue weighted by molar-refractivity contribution is -0.138. The molecule has 74 heavy (non-hydrogen) atoms. The van der Waals surface area contributed by atoms with E-state index >= 15 is 0 Å². The van der Waals surface area contributed by atoms with Crippen molar-refractivity contribution in [3.05, 3.63) is 197 Å². The number of nitrogens with zero attached hydrogens (tertiary/aromatic N) is 5. The van der Waals surface area contributed by atoms with E-state index in [2.05, 4.69) is 31.1 Å². The van der Waals surface area contributed by atoms with E-state index in [1.807, 2.05) is 0 Å². The highest BCUT2D eigenvalue weighted by Gasteiger charge is 2.33. The fraction of sp³-hybridized carbons (Fsp3) is 0.0377. The number of ketones is 1. The molecule has 0 fully saturated rings. The first kappa shape index (κ1) is 50.3. The Morgan fingerprint density at radius 3 is 1.64 bits per heavy atom. The smallest absolute Gasteiger partial charge is 0.416 e. The Balaban J connectivity index is 0.884.